The van der Waals surface area contributed by atoms with Gasteiger partial charge in [-0.3, -0.25) is 0 Å². The molecule has 0 fully saturated rings. The van der Waals surface area contributed by atoms with Crippen molar-refractivity contribution in [3.63, 3.8) is 0 Å². The monoisotopic (exact) mass is 422 g/mol. The highest BCUT2D eigenvalue weighted by Gasteiger charge is 2.28. The van der Waals surface area contributed by atoms with Crippen molar-refractivity contribution in [2.24, 2.45) is 7.05 Å². The topological polar surface area (TPSA) is 68.1 Å². The van der Waals surface area contributed by atoms with Crippen molar-refractivity contribution >= 4 is 41.9 Å². The maximum absolute atomic E-state index is 12.5. The van der Waals surface area contributed by atoms with Crippen LogP contribution in [0.1, 0.15) is 5.56 Å². The van der Waals surface area contributed by atoms with E-state index in [9.17, 15) is 8.42 Å². The lowest BCUT2D eigenvalue weighted by molar-refractivity contribution is 0.456. The second-order valence-corrected chi connectivity index (χ2v) is 7.82. The molecule has 2 rings (SSSR count). The van der Waals surface area contributed by atoms with E-state index in [-0.39, 0.29) is 16.2 Å². The Morgan fingerprint density at radius 3 is 2.35 bits per heavy atom. The fourth-order valence-electron chi connectivity index (χ4n) is 1.68. The molecule has 1 aromatic carbocycles. The Labute approximate surface area is 134 Å². The van der Waals surface area contributed by atoms with Crippen LogP contribution in [0.5, 0.6) is 0 Å². The van der Waals surface area contributed by atoms with E-state index in [4.69, 9.17) is 0 Å². The van der Waals surface area contributed by atoms with Crippen molar-refractivity contribution in [2.75, 3.05) is 7.05 Å². The lowest BCUT2D eigenvalue weighted by atomic mass is 10.2. The predicted molar refractivity (Wildman–Crippen MR) is 81.5 cm³/mol. The molecule has 0 bridgehead atoms. The van der Waals surface area contributed by atoms with E-state index in [2.05, 4.69) is 42.2 Å². The fourth-order valence-corrected chi connectivity index (χ4v) is 4.12. The molecular formula is C11H12Br2N4O2S. The Kier molecular flexibility index (Phi) is 4.62. The zero-order chi connectivity index (χ0) is 14.9. The van der Waals surface area contributed by atoms with E-state index in [1.807, 2.05) is 24.3 Å². The van der Waals surface area contributed by atoms with Crippen molar-refractivity contribution in [3.8, 4) is 0 Å². The van der Waals surface area contributed by atoms with E-state index >= 15 is 0 Å². The van der Waals surface area contributed by atoms with Gasteiger partial charge >= 0.3 is 0 Å². The highest BCUT2D eigenvalue weighted by atomic mass is 79.9. The summed E-state index contributed by atoms with van der Waals surface area (Å²) in [5.41, 5.74) is 0.894. The van der Waals surface area contributed by atoms with E-state index in [0.717, 1.165) is 10.0 Å². The van der Waals surface area contributed by atoms with Gasteiger partial charge in [0.1, 0.15) is 0 Å². The van der Waals surface area contributed by atoms with E-state index in [1.54, 1.807) is 0 Å². The number of sulfonamides is 1. The second kappa shape index (κ2) is 5.92. The molecule has 0 atom stereocenters. The molecular weight excluding hydrogens is 412 g/mol. The number of nitrogens with zero attached hydrogens (tertiary/aromatic N) is 4. The van der Waals surface area contributed by atoms with Crippen LogP contribution in [0.2, 0.25) is 0 Å². The Morgan fingerprint density at radius 1 is 1.25 bits per heavy atom. The van der Waals surface area contributed by atoms with Gasteiger partial charge < -0.3 is 0 Å². The van der Waals surface area contributed by atoms with Gasteiger partial charge in [-0.25, -0.2) is 13.1 Å². The van der Waals surface area contributed by atoms with Gasteiger partial charge in [0, 0.05) is 25.1 Å². The minimum atomic E-state index is -3.65. The molecule has 1 aromatic heterocycles. The molecule has 0 radical (unpaired) electrons. The number of benzene rings is 1. The van der Waals surface area contributed by atoms with Crippen molar-refractivity contribution < 1.29 is 8.42 Å². The van der Waals surface area contributed by atoms with Crippen molar-refractivity contribution in [1.82, 2.24) is 19.3 Å². The molecule has 1 heterocycles. The van der Waals surface area contributed by atoms with Crippen LogP contribution in [0.15, 0.2) is 38.4 Å². The minimum absolute atomic E-state index is 0.0390. The van der Waals surface area contributed by atoms with E-state index in [0.29, 0.717) is 0 Å². The van der Waals surface area contributed by atoms with Crippen LogP contribution in [0, 0.1) is 0 Å². The molecule has 0 aliphatic heterocycles. The standard InChI is InChI=1S/C11H12Br2N4O2S/c1-16(7-8-3-5-9(12)6-4-8)20(18,19)11-10(13)14-15-17(11)2/h3-6H,7H2,1-2H3. The molecule has 0 aliphatic carbocycles. The van der Waals surface area contributed by atoms with Crippen LogP contribution in [-0.2, 0) is 23.6 Å². The first-order chi connectivity index (χ1) is 9.32. The number of aryl methyl sites for hydroxylation is 1. The number of rotatable bonds is 4. The third-order valence-electron chi connectivity index (χ3n) is 2.71. The highest BCUT2D eigenvalue weighted by Crippen LogP contribution is 2.22. The first kappa shape index (κ1) is 15.6. The molecule has 0 amide bonds. The van der Waals surface area contributed by atoms with Crippen LogP contribution >= 0.6 is 31.9 Å². The summed E-state index contributed by atoms with van der Waals surface area (Å²) in [5.74, 6) is 0. The maximum atomic E-state index is 12.5. The Balaban J connectivity index is 2.28. The van der Waals surface area contributed by atoms with Gasteiger partial charge in [-0.05, 0) is 33.6 Å². The van der Waals surface area contributed by atoms with Gasteiger partial charge in [0.2, 0.25) is 5.03 Å². The maximum Gasteiger partial charge on any atom is 0.263 e. The zero-order valence-corrected chi connectivity index (χ0v) is 14.8. The summed E-state index contributed by atoms with van der Waals surface area (Å²) < 4.78 is 28.6. The molecule has 0 saturated carbocycles. The van der Waals surface area contributed by atoms with E-state index in [1.165, 1.54) is 23.1 Å². The normalized spacial score (nSPS) is 12.1. The first-order valence-electron chi connectivity index (χ1n) is 5.58. The van der Waals surface area contributed by atoms with Crippen LogP contribution in [-0.4, -0.2) is 34.8 Å². The summed E-state index contributed by atoms with van der Waals surface area (Å²) in [5, 5.41) is 7.43. The lowest BCUT2D eigenvalue weighted by Gasteiger charge is -2.17. The third-order valence-corrected chi connectivity index (χ3v) is 5.93. The van der Waals surface area contributed by atoms with Gasteiger partial charge in [-0.15, -0.1) is 5.10 Å². The second-order valence-electron chi connectivity index (χ2n) is 4.20. The average molecular weight is 424 g/mol. The van der Waals surface area contributed by atoms with Crippen molar-refractivity contribution in [3.05, 3.63) is 38.9 Å². The minimum Gasteiger partial charge on any atom is -0.235 e. The summed E-state index contributed by atoms with van der Waals surface area (Å²) in [6.07, 6.45) is 0. The van der Waals surface area contributed by atoms with Crippen molar-refractivity contribution in [1.29, 1.82) is 0 Å². The van der Waals surface area contributed by atoms with Gasteiger partial charge in [-0.2, -0.15) is 4.31 Å². The van der Waals surface area contributed by atoms with Gasteiger partial charge in [-0.1, -0.05) is 33.3 Å². The van der Waals surface area contributed by atoms with E-state index < -0.39 is 10.0 Å². The zero-order valence-electron chi connectivity index (χ0n) is 10.8. The molecule has 108 valence electrons. The molecule has 0 spiro atoms. The molecule has 6 nitrogen and oxygen atoms in total. The molecule has 0 unspecified atom stereocenters. The molecule has 2 aromatic rings. The third kappa shape index (κ3) is 3.11. The van der Waals surface area contributed by atoms with Crippen LogP contribution in [0.4, 0.5) is 0 Å². The predicted octanol–water partition coefficient (Wildman–Crippen LogP) is 2.16. The quantitative estimate of drug-likeness (QED) is 0.755. The average Bonchev–Trinajstić information content (AvgIpc) is 2.72. The van der Waals surface area contributed by atoms with Crippen LogP contribution < -0.4 is 0 Å². The summed E-state index contributed by atoms with van der Waals surface area (Å²) in [6, 6.07) is 7.48. The molecule has 9 heteroatoms. The summed E-state index contributed by atoms with van der Waals surface area (Å²) in [6.45, 7) is 0.271. The number of aromatic nitrogens is 3. The van der Waals surface area contributed by atoms with Gasteiger partial charge in [0.25, 0.3) is 10.0 Å². The molecule has 0 saturated heterocycles. The summed E-state index contributed by atoms with van der Waals surface area (Å²) in [4.78, 5) is 0. The fraction of sp³-hybridized carbons (Fsp3) is 0.273. The van der Waals surface area contributed by atoms with Crippen LogP contribution in [0.3, 0.4) is 0 Å². The summed E-state index contributed by atoms with van der Waals surface area (Å²) >= 11 is 6.45. The van der Waals surface area contributed by atoms with Gasteiger partial charge in [0.15, 0.2) is 4.60 Å². The molecule has 0 N–H and O–H groups in total. The van der Waals surface area contributed by atoms with Crippen molar-refractivity contribution in [2.45, 2.75) is 11.6 Å². The Bertz CT molecular complexity index is 693. The Morgan fingerprint density at radius 2 is 1.85 bits per heavy atom. The first-order valence-corrected chi connectivity index (χ1v) is 8.61. The largest absolute Gasteiger partial charge is 0.263 e. The summed E-state index contributed by atoms with van der Waals surface area (Å²) in [7, 11) is -0.588. The number of hydrogen-bond donors (Lipinski definition) is 0. The highest BCUT2D eigenvalue weighted by molar-refractivity contribution is 9.10. The number of hydrogen-bond acceptors (Lipinski definition) is 4. The van der Waals surface area contributed by atoms with Crippen LogP contribution in [0.25, 0.3) is 0 Å². The smallest absolute Gasteiger partial charge is 0.235 e. The molecule has 0 aliphatic rings. The van der Waals surface area contributed by atoms with Gasteiger partial charge in [0.05, 0.1) is 0 Å². The number of halogens is 2. The lowest BCUT2D eigenvalue weighted by Crippen LogP contribution is -2.28. The SMILES string of the molecule is CN(Cc1ccc(Br)cc1)S(=O)(=O)c1c(Br)nnn1C. The molecule has 20 heavy (non-hydrogen) atoms. The Hall–Kier alpha value is -0.770.